The fourth-order valence-electron chi connectivity index (χ4n) is 1.58. The Morgan fingerprint density at radius 3 is 2.81 bits per heavy atom. The van der Waals surface area contributed by atoms with Crippen molar-refractivity contribution in [3.05, 3.63) is 16.9 Å². The smallest absolute Gasteiger partial charge is 0.0834 e. The predicted molar refractivity (Wildman–Crippen MR) is 66.1 cm³/mol. The van der Waals surface area contributed by atoms with Crippen molar-refractivity contribution in [1.29, 1.82) is 0 Å². The van der Waals surface area contributed by atoms with Crippen molar-refractivity contribution >= 4 is 11.6 Å². The van der Waals surface area contributed by atoms with Crippen LogP contribution in [-0.4, -0.2) is 35.3 Å². The summed E-state index contributed by atoms with van der Waals surface area (Å²) in [7, 11) is 4.06. The molecule has 0 fully saturated rings. The van der Waals surface area contributed by atoms with Gasteiger partial charge in [0, 0.05) is 6.54 Å². The van der Waals surface area contributed by atoms with Gasteiger partial charge in [-0.1, -0.05) is 18.5 Å². The van der Waals surface area contributed by atoms with E-state index < -0.39 is 0 Å². The van der Waals surface area contributed by atoms with Gasteiger partial charge in [-0.25, -0.2) is 0 Å². The van der Waals surface area contributed by atoms with Crippen LogP contribution < -0.4 is 11.3 Å². The number of halogens is 1. The van der Waals surface area contributed by atoms with Crippen molar-refractivity contribution in [2.75, 3.05) is 20.6 Å². The first kappa shape index (κ1) is 13.4. The molecule has 16 heavy (non-hydrogen) atoms. The number of nitrogens with one attached hydrogen (secondary N) is 1. The Kier molecular flexibility index (Phi) is 5.21. The average Bonchev–Trinajstić information content (AvgIpc) is 2.60. The van der Waals surface area contributed by atoms with E-state index in [2.05, 4.69) is 22.3 Å². The number of hydrazine groups is 1. The zero-order valence-electron chi connectivity index (χ0n) is 10.1. The molecule has 92 valence electrons. The summed E-state index contributed by atoms with van der Waals surface area (Å²) < 4.78 is 1.91. The van der Waals surface area contributed by atoms with Crippen molar-refractivity contribution < 1.29 is 0 Å². The Morgan fingerprint density at radius 1 is 1.62 bits per heavy atom. The Balaban J connectivity index is 2.84. The summed E-state index contributed by atoms with van der Waals surface area (Å²) in [5, 5.41) is 4.94. The third-order valence-corrected chi connectivity index (χ3v) is 2.82. The number of hydrogen-bond donors (Lipinski definition) is 2. The van der Waals surface area contributed by atoms with Gasteiger partial charge in [-0.2, -0.15) is 5.10 Å². The monoisotopic (exact) mass is 245 g/mol. The highest BCUT2D eigenvalue weighted by atomic mass is 35.5. The molecule has 1 unspecified atom stereocenters. The van der Waals surface area contributed by atoms with Gasteiger partial charge in [0.25, 0.3) is 0 Å². The largest absolute Gasteiger partial charge is 0.308 e. The number of rotatable bonds is 6. The first-order chi connectivity index (χ1) is 7.60. The normalized spacial score (nSPS) is 13.4. The summed E-state index contributed by atoms with van der Waals surface area (Å²) in [6.07, 6.45) is 2.55. The number of nitrogens with two attached hydrogens (primary N) is 1. The maximum absolute atomic E-state index is 6.12. The van der Waals surface area contributed by atoms with E-state index in [-0.39, 0.29) is 6.04 Å². The molecule has 1 aromatic heterocycles. The van der Waals surface area contributed by atoms with E-state index in [9.17, 15) is 0 Å². The highest BCUT2D eigenvalue weighted by Crippen LogP contribution is 2.24. The van der Waals surface area contributed by atoms with Crippen LogP contribution in [0.2, 0.25) is 5.02 Å². The molecule has 0 aliphatic rings. The molecule has 5 nitrogen and oxygen atoms in total. The maximum atomic E-state index is 6.12. The molecule has 0 saturated heterocycles. The Hall–Kier alpha value is -0.620. The lowest BCUT2D eigenvalue weighted by Gasteiger charge is -2.18. The van der Waals surface area contributed by atoms with E-state index >= 15 is 0 Å². The lowest BCUT2D eigenvalue weighted by Crippen LogP contribution is -2.30. The third-order valence-electron chi connectivity index (χ3n) is 2.53. The first-order valence-corrected chi connectivity index (χ1v) is 5.80. The molecular weight excluding hydrogens is 226 g/mol. The van der Waals surface area contributed by atoms with E-state index in [1.807, 2.05) is 18.8 Å². The van der Waals surface area contributed by atoms with Gasteiger partial charge in [0.15, 0.2) is 0 Å². The molecule has 0 saturated carbocycles. The molecule has 0 spiro atoms. The Bertz CT molecular complexity index is 319. The summed E-state index contributed by atoms with van der Waals surface area (Å²) in [4.78, 5) is 2.11. The van der Waals surface area contributed by atoms with E-state index in [1.165, 1.54) is 0 Å². The summed E-state index contributed by atoms with van der Waals surface area (Å²) in [5.74, 6) is 5.51. The van der Waals surface area contributed by atoms with Gasteiger partial charge in [0.1, 0.15) is 0 Å². The summed E-state index contributed by atoms with van der Waals surface area (Å²) in [5.41, 5.74) is 3.73. The fraction of sp³-hybridized carbons (Fsp3) is 0.700. The first-order valence-electron chi connectivity index (χ1n) is 5.42. The summed E-state index contributed by atoms with van der Waals surface area (Å²) in [6, 6.07) is 0.0529. The molecular formula is C10H20ClN5. The second-order valence-corrected chi connectivity index (χ2v) is 4.44. The molecule has 1 rings (SSSR count). The van der Waals surface area contributed by atoms with Crippen LogP contribution >= 0.6 is 11.6 Å². The molecule has 0 amide bonds. The molecule has 3 N–H and O–H groups in total. The van der Waals surface area contributed by atoms with E-state index in [1.54, 1.807) is 6.20 Å². The van der Waals surface area contributed by atoms with Crippen molar-refractivity contribution in [2.24, 2.45) is 5.84 Å². The molecule has 0 bridgehead atoms. The van der Waals surface area contributed by atoms with Gasteiger partial charge in [-0.05, 0) is 20.5 Å². The molecule has 0 aromatic carbocycles. The minimum Gasteiger partial charge on any atom is -0.308 e. The van der Waals surface area contributed by atoms with Crippen molar-refractivity contribution in [1.82, 2.24) is 20.1 Å². The van der Waals surface area contributed by atoms with Gasteiger partial charge in [-0.15, -0.1) is 0 Å². The number of nitrogens with zero attached hydrogens (tertiary/aromatic N) is 3. The van der Waals surface area contributed by atoms with Crippen molar-refractivity contribution in [2.45, 2.75) is 25.9 Å². The van der Waals surface area contributed by atoms with Gasteiger partial charge in [0.05, 0.1) is 29.5 Å². The Labute approximate surface area is 102 Å². The predicted octanol–water partition coefficient (Wildman–Crippen LogP) is 1.01. The van der Waals surface area contributed by atoms with E-state index in [4.69, 9.17) is 17.4 Å². The zero-order chi connectivity index (χ0) is 12.1. The zero-order valence-corrected chi connectivity index (χ0v) is 10.8. The van der Waals surface area contributed by atoms with Gasteiger partial charge < -0.3 is 4.90 Å². The Morgan fingerprint density at radius 2 is 2.31 bits per heavy atom. The van der Waals surface area contributed by atoms with Crippen LogP contribution in [0.25, 0.3) is 0 Å². The molecule has 1 atom stereocenters. The summed E-state index contributed by atoms with van der Waals surface area (Å²) in [6.45, 7) is 3.80. The highest BCUT2D eigenvalue weighted by Gasteiger charge is 2.17. The lowest BCUT2D eigenvalue weighted by atomic mass is 10.1. The minimum absolute atomic E-state index is 0.0529. The van der Waals surface area contributed by atoms with Crippen LogP contribution in [0.3, 0.4) is 0 Å². The summed E-state index contributed by atoms with van der Waals surface area (Å²) >= 11 is 6.12. The van der Waals surface area contributed by atoms with Crippen LogP contribution in [0.4, 0.5) is 0 Å². The van der Waals surface area contributed by atoms with Crippen molar-refractivity contribution in [3.8, 4) is 0 Å². The second kappa shape index (κ2) is 6.20. The van der Waals surface area contributed by atoms with E-state index in [0.29, 0.717) is 5.02 Å². The number of aromatic nitrogens is 2. The van der Waals surface area contributed by atoms with Crippen LogP contribution in [0, 0.1) is 0 Å². The molecule has 0 aliphatic carbocycles. The SMILES string of the molecule is CCC(NN)c1c(Cl)cnn1CCN(C)C. The fourth-order valence-corrected chi connectivity index (χ4v) is 1.85. The molecule has 6 heteroatoms. The average molecular weight is 246 g/mol. The van der Waals surface area contributed by atoms with Crippen LogP contribution in [0.15, 0.2) is 6.20 Å². The number of likely N-dealkylation sites (N-methyl/N-ethyl adjacent to an activating group) is 1. The topological polar surface area (TPSA) is 59.1 Å². The maximum Gasteiger partial charge on any atom is 0.0834 e. The molecule has 1 aromatic rings. The quantitative estimate of drug-likeness (QED) is 0.580. The van der Waals surface area contributed by atoms with Crippen LogP contribution in [0.5, 0.6) is 0 Å². The number of hydrogen-bond acceptors (Lipinski definition) is 4. The van der Waals surface area contributed by atoms with Crippen LogP contribution in [-0.2, 0) is 6.54 Å². The minimum atomic E-state index is 0.0529. The van der Waals surface area contributed by atoms with Crippen LogP contribution in [0.1, 0.15) is 25.1 Å². The highest BCUT2D eigenvalue weighted by molar-refractivity contribution is 6.31. The lowest BCUT2D eigenvalue weighted by molar-refractivity contribution is 0.361. The van der Waals surface area contributed by atoms with Gasteiger partial charge in [-0.3, -0.25) is 16.0 Å². The van der Waals surface area contributed by atoms with E-state index in [0.717, 1.165) is 25.2 Å². The van der Waals surface area contributed by atoms with Crippen molar-refractivity contribution in [3.63, 3.8) is 0 Å². The standard InChI is InChI=1S/C10H20ClN5/c1-4-9(14-12)10-8(11)7-13-16(10)6-5-15(2)3/h7,9,14H,4-6,12H2,1-3H3. The third kappa shape index (κ3) is 3.18. The molecule has 0 aliphatic heterocycles. The van der Waals surface area contributed by atoms with Gasteiger partial charge >= 0.3 is 0 Å². The second-order valence-electron chi connectivity index (χ2n) is 4.03. The molecule has 0 radical (unpaired) electrons. The molecule has 1 heterocycles. The van der Waals surface area contributed by atoms with Gasteiger partial charge in [0.2, 0.25) is 0 Å².